The predicted octanol–water partition coefficient (Wildman–Crippen LogP) is 6.05. The lowest BCUT2D eigenvalue weighted by molar-refractivity contribution is -0.133. The van der Waals surface area contributed by atoms with Crippen molar-refractivity contribution in [3.8, 4) is 23.8 Å². The number of nitrogens with two attached hydrogens (primary N) is 1. The molecule has 3 rings (SSSR count). The van der Waals surface area contributed by atoms with Crippen LogP contribution in [0.2, 0.25) is 0 Å². The van der Waals surface area contributed by atoms with Gasteiger partial charge in [0, 0.05) is 31.9 Å². The standard InChI is InChI=1S/C27H28O8.C8H11N/c1-8-27(7,35-26(32)22-12-10-9-11-21(22)25(30)31)14-13-20-17(4)23(33-18(5)28)15(2)16(3)24(20)34-19(6)29;1-7(9)8-5-3-2-4-6-8/h1,9-12H,13-14H2,2-7H3,(H,30,31);2-7H,9H2,1H3/t27-;7-/m01/s1. The number of ether oxygens (including phenoxy) is 3. The van der Waals surface area contributed by atoms with Gasteiger partial charge in [-0.25, -0.2) is 9.59 Å². The van der Waals surface area contributed by atoms with Gasteiger partial charge in [-0.05, 0) is 75.4 Å². The van der Waals surface area contributed by atoms with Crippen molar-refractivity contribution < 1.29 is 38.5 Å². The highest BCUT2D eigenvalue weighted by molar-refractivity contribution is 6.02. The van der Waals surface area contributed by atoms with Gasteiger partial charge in [0.2, 0.25) is 0 Å². The highest BCUT2D eigenvalue weighted by atomic mass is 16.6. The number of carbonyl (C=O) groups is 4. The van der Waals surface area contributed by atoms with Gasteiger partial charge < -0.3 is 25.1 Å². The number of terminal acetylenes is 1. The molecule has 3 N–H and O–H groups in total. The molecule has 44 heavy (non-hydrogen) atoms. The van der Waals surface area contributed by atoms with Crippen molar-refractivity contribution in [2.24, 2.45) is 5.73 Å². The monoisotopic (exact) mass is 601 g/mol. The molecule has 9 nitrogen and oxygen atoms in total. The first-order valence-electron chi connectivity index (χ1n) is 13.9. The molecule has 0 saturated carbocycles. The molecule has 232 valence electrons. The highest BCUT2D eigenvalue weighted by Gasteiger charge is 2.31. The van der Waals surface area contributed by atoms with Crippen molar-refractivity contribution in [3.05, 3.63) is 93.5 Å². The molecule has 9 heteroatoms. The van der Waals surface area contributed by atoms with E-state index in [-0.39, 0.29) is 30.0 Å². The molecule has 0 spiro atoms. The van der Waals surface area contributed by atoms with E-state index in [0.29, 0.717) is 33.8 Å². The van der Waals surface area contributed by atoms with E-state index in [1.165, 1.54) is 50.6 Å². The zero-order valence-corrected chi connectivity index (χ0v) is 26.1. The summed E-state index contributed by atoms with van der Waals surface area (Å²) in [5.41, 5.74) is 7.49. The Morgan fingerprint density at radius 3 is 1.84 bits per heavy atom. The number of carboxylic acids is 1. The summed E-state index contributed by atoms with van der Waals surface area (Å²) in [6, 6.07) is 15.9. The Bertz CT molecular complexity index is 1570. The number of rotatable bonds is 9. The van der Waals surface area contributed by atoms with Crippen LogP contribution in [0.5, 0.6) is 11.5 Å². The maximum atomic E-state index is 12.8. The van der Waals surface area contributed by atoms with E-state index >= 15 is 0 Å². The zero-order chi connectivity index (χ0) is 33.2. The molecule has 0 unspecified atom stereocenters. The Labute approximate surface area is 258 Å². The normalized spacial score (nSPS) is 12.3. The van der Waals surface area contributed by atoms with Crippen LogP contribution in [0, 0.1) is 33.1 Å². The molecule has 0 radical (unpaired) electrons. The van der Waals surface area contributed by atoms with E-state index in [2.05, 4.69) is 5.92 Å². The van der Waals surface area contributed by atoms with Crippen LogP contribution in [-0.2, 0) is 20.7 Å². The van der Waals surface area contributed by atoms with Crippen LogP contribution in [-0.4, -0.2) is 34.6 Å². The second-order valence-corrected chi connectivity index (χ2v) is 10.5. The minimum Gasteiger partial charge on any atom is -0.478 e. The maximum absolute atomic E-state index is 12.8. The van der Waals surface area contributed by atoms with E-state index in [4.69, 9.17) is 26.4 Å². The Hall–Kier alpha value is -4.94. The third-order valence-corrected chi connectivity index (χ3v) is 6.98. The highest BCUT2D eigenvalue weighted by Crippen LogP contribution is 2.39. The first-order valence-corrected chi connectivity index (χ1v) is 13.9. The van der Waals surface area contributed by atoms with Crippen LogP contribution in [0.4, 0.5) is 0 Å². The SMILES string of the molecule is C#C[C@@](C)(CCc1c(C)c(OC(C)=O)c(C)c(C)c1OC(C)=O)OC(=O)c1ccccc1C(=O)O.C[C@@H](N)c1ccccc1. The van der Waals surface area contributed by atoms with Crippen molar-refractivity contribution in [1.82, 2.24) is 0 Å². The minimum absolute atomic E-state index is 0.113. The third-order valence-electron chi connectivity index (χ3n) is 6.98. The lowest BCUT2D eigenvalue weighted by atomic mass is 9.90. The molecular formula is C35H39NO8. The van der Waals surface area contributed by atoms with Crippen LogP contribution in [0.1, 0.15) is 88.7 Å². The number of benzene rings is 3. The van der Waals surface area contributed by atoms with E-state index in [9.17, 15) is 24.3 Å². The number of aromatic carboxylic acids is 1. The molecule has 0 fully saturated rings. The van der Waals surface area contributed by atoms with E-state index in [1.54, 1.807) is 20.8 Å². The number of esters is 3. The van der Waals surface area contributed by atoms with Crippen molar-refractivity contribution in [1.29, 1.82) is 0 Å². The molecule has 0 aliphatic carbocycles. The smallest absolute Gasteiger partial charge is 0.340 e. The molecule has 3 aromatic carbocycles. The number of carbonyl (C=O) groups excluding carboxylic acids is 3. The van der Waals surface area contributed by atoms with Gasteiger partial charge in [0.15, 0.2) is 5.60 Å². The van der Waals surface area contributed by atoms with Crippen LogP contribution in [0.25, 0.3) is 0 Å². The molecule has 0 amide bonds. The van der Waals surface area contributed by atoms with Gasteiger partial charge in [0.05, 0.1) is 11.1 Å². The summed E-state index contributed by atoms with van der Waals surface area (Å²) in [4.78, 5) is 47.7. The van der Waals surface area contributed by atoms with E-state index in [1.807, 2.05) is 37.3 Å². The largest absolute Gasteiger partial charge is 0.478 e. The van der Waals surface area contributed by atoms with Gasteiger partial charge in [0.25, 0.3) is 0 Å². The summed E-state index contributed by atoms with van der Waals surface area (Å²) in [5.74, 6) is -0.0164. The topological polar surface area (TPSA) is 142 Å². The average Bonchev–Trinajstić information content (AvgIpc) is 2.98. The van der Waals surface area contributed by atoms with Gasteiger partial charge in [0.1, 0.15) is 11.5 Å². The number of hydrogen-bond acceptors (Lipinski definition) is 8. The number of carboxylic acid groups (broad SMARTS) is 1. The Morgan fingerprint density at radius 1 is 0.864 bits per heavy atom. The van der Waals surface area contributed by atoms with E-state index < -0.39 is 29.5 Å². The lowest BCUT2D eigenvalue weighted by Crippen LogP contribution is -2.31. The molecule has 3 aromatic rings. The summed E-state index contributed by atoms with van der Waals surface area (Å²) in [6.45, 7) is 11.3. The second-order valence-electron chi connectivity index (χ2n) is 10.5. The van der Waals surface area contributed by atoms with Crippen LogP contribution >= 0.6 is 0 Å². The fraction of sp³-hybridized carbons (Fsp3) is 0.314. The summed E-state index contributed by atoms with van der Waals surface area (Å²) >= 11 is 0. The molecule has 0 bridgehead atoms. The summed E-state index contributed by atoms with van der Waals surface area (Å²) in [6.07, 6.45) is 6.02. The summed E-state index contributed by atoms with van der Waals surface area (Å²) < 4.78 is 16.5. The average molecular weight is 602 g/mol. The van der Waals surface area contributed by atoms with Gasteiger partial charge in [-0.1, -0.05) is 48.4 Å². The maximum Gasteiger partial charge on any atom is 0.340 e. The van der Waals surface area contributed by atoms with Crippen molar-refractivity contribution >= 4 is 23.9 Å². The lowest BCUT2D eigenvalue weighted by Gasteiger charge is -2.26. The van der Waals surface area contributed by atoms with Crippen molar-refractivity contribution in [3.63, 3.8) is 0 Å². The zero-order valence-electron chi connectivity index (χ0n) is 26.1. The Kier molecular flexibility index (Phi) is 12.4. The van der Waals surface area contributed by atoms with Crippen LogP contribution < -0.4 is 15.2 Å². The van der Waals surface area contributed by atoms with Crippen LogP contribution in [0.15, 0.2) is 54.6 Å². The molecule has 2 atom stereocenters. The van der Waals surface area contributed by atoms with Crippen molar-refractivity contribution in [2.75, 3.05) is 0 Å². The van der Waals surface area contributed by atoms with E-state index in [0.717, 1.165) is 0 Å². The number of hydrogen-bond donors (Lipinski definition) is 2. The quantitative estimate of drug-likeness (QED) is 0.170. The first kappa shape index (κ1) is 35.3. The molecular weight excluding hydrogens is 562 g/mol. The summed E-state index contributed by atoms with van der Waals surface area (Å²) in [5, 5.41) is 9.37. The Morgan fingerprint density at radius 2 is 1.36 bits per heavy atom. The summed E-state index contributed by atoms with van der Waals surface area (Å²) in [7, 11) is 0. The predicted molar refractivity (Wildman–Crippen MR) is 167 cm³/mol. The van der Waals surface area contributed by atoms with Gasteiger partial charge >= 0.3 is 23.9 Å². The van der Waals surface area contributed by atoms with Gasteiger partial charge in [-0.3, -0.25) is 9.59 Å². The molecule has 0 aliphatic rings. The van der Waals surface area contributed by atoms with Crippen molar-refractivity contribution in [2.45, 2.75) is 73.0 Å². The second kappa shape index (κ2) is 15.5. The molecule has 0 aliphatic heterocycles. The van der Waals surface area contributed by atoms with Gasteiger partial charge in [-0.2, -0.15) is 0 Å². The minimum atomic E-state index is -1.41. The third kappa shape index (κ3) is 9.28. The molecule has 0 saturated heterocycles. The molecule has 0 heterocycles. The fourth-order valence-electron chi connectivity index (χ4n) is 4.42. The molecule has 0 aromatic heterocycles. The fourth-order valence-corrected chi connectivity index (χ4v) is 4.42. The first-order chi connectivity index (χ1) is 20.6. The van der Waals surface area contributed by atoms with Gasteiger partial charge in [-0.15, -0.1) is 6.42 Å². The Balaban J connectivity index is 0.000000639. The van der Waals surface area contributed by atoms with Crippen LogP contribution in [0.3, 0.4) is 0 Å².